The average Bonchev–Trinajstić information content (AvgIpc) is 3.33. The molecule has 0 fully saturated rings. The van der Waals surface area contributed by atoms with E-state index in [9.17, 15) is 18.0 Å². The number of rotatable bonds is 3. The van der Waals surface area contributed by atoms with E-state index in [1.54, 1.807) is 0 Å². The Morgan fingerprint density at radius 3 is 2.57 bits per heavy atom. The second kappa shape index (κ2) is 7.36. The van der Waals surface area contributed by atoms with Crippen LogP contribution >= 0.6 is 34.7 Å². The van der Waals surface area contributed by atoms with Gasteiger partial charge in [0.1, 0.15) is 0 Å². The maximum atomic E-state index is 14.2. The molecule has 0 amide bonds. The molecule has 2 aromatic heterocycles. The number of esters is 1. The quantitative estimate of drug-likeness (QED) is 0.476. The number of ether oxygens (including phenoxy) is 1. The highest BCUT2D eigenvalue weighted by molar-refractivity contribution is 7.13. The number of fused-ring (bicyclic) bond motifs is 1. The zero-order valence-electron chi connectivity index (χ0n) is 15.0. The van der Waals surface area contributed by atoms with Gasteiger partial charge in [-0.15, -0.1) is 0 Å². The van der Waals surface area contributed by atoms with Crippen molar-refractivity contribution in [2.75, 3.05) is 7.11 Å². The number of benzene rings is 1. The first-order valence-corrected chi connectivity index (χ1v) is 9.79. The Morgan fingerprint density at radius 2 is 1.93 bits per heavy atom. The van der Waals surface area contributed by atoms with Gasteiger partial charge < -0.3 is 9.57 Å². The van der Waals surface area contributed by atoms with Gasteiger partial charge in [0.2, 0.25) is 0 Å². The molecule has 6 nitrogen and oxygen atoms in total. The van der Waals surface area contributed by atoms with E-state index >= 15 is 0 Å². The normalized spacial score (nSPS) is 18.9. The second-order valence-electron chi connectivity index (χ2n) is 6.37. The zero-order chi connectivity index (χ0) is 21.7. The third kappa shape index (κ3) is 3.28. The fourth-order valence-corrected chi connectivity index (χ4v) is 4.47. The first kappa shape index (κ1) is 20.8. The van der Waals surface area contributed by atoms with E-state index in [4.69, 9.17) is 28.0 Å². The maximum Gasteiger partial charge on any atom is 0.435 e. The predicted molar refractivity (Wildman–Crippen MR) is 105 cm³/mol. The Labute approximate surface area is 181 Å². The van der Waals surface area contributed by atoms with Crippen molar-refractivity contribution in [2.24, 2.45) is 5.16 Å². The monoisotopic (exact) mass is 475 g/mol. The molecule has 12 heteroatoms. The molecule has 1 aliphatic rings. The van der Waals surface area contributed by atoms with Crippen molar-refractivity contribution in [1.29, 1.82) is 0 Å². The average molecular weight is 476 g/mol. The number of pyridine rings is 1. The van der Waals surface area contributed by atoms with E-state index in [0.717, 1.165) is 23.7 Å². The number of aromatic nitrogens is 2. The predicted octanol–water partition coefficient (Wildman–Crippen LogP) is 5.37. The maximum absolute atomic E-state index is 14.2. The van der Waals surface area contributed by atoms with E-state index in [1.165, 1.54) is 25.6 Å². The third-order valence-corrected chi connectivity index (χ3v) is 5.87. The summed E-state index contributed by atoms with van der Waals surface area (Å²) in [6.07, 6.45) is -2.81. The van der Waals surface area contributed by atoms with Gasteiger partial charge in [-0.05, 0) is 29.7 Å². The zero-order valence-corrected chi connectivity index (χ0v) is 17.3. The first-order valence-electron chi connectivity index (χ1n) is 8.26. The van der Waals surface area contributed by atoms with Gasteiger partial charge in [-0.3, -0.25) is 0 Å². The summed E-state index contributed by atoms with van der Waals surface area (Å²) in [5, 5.41) is 4.14. The molecule has 3 aromatic rings. The van der Waals surface area contributed by atoms with Crippen LogP contribution < -0.4 is 0 Å². The van der Waals surface area contributed by atoms with Crippen molar-refractivity contribution < 1.29 is 27.5 Å². The number of alkyl halides is 3. The van der Waals surface area contributed by atoms with Crippen LogP contribution in [0.1, 0.15) is 28.0 Å². The van der Waals surface area contributed by atoms with Crippen LogP contribution in [0.25, 0.3) is 10.1 Å². The SMILES string of the molecule is COC(=O)c1ncc(C2=NOC(c3cc(Cl)cc(Cl)c3)(C(F)(F)F)C2)c2sncc12. The summed E-state index contributed by atoms with van der Waals surface area (Å²) in [5.41, 5.74) is -2.75. The lowest BCUT2D eigenvalue weighted by molar-refractivity contribution is -0.275. The molecule has 0 saturated carbocycles. The summed E-state index contributed by atoms with van der Waals surface area (Å²) in [6, 6.07) is 3.60. The molecule has 0 N–H and O–H groups in total. The Balaban J connectivity index is 1.80. The summed E-state index contributed by atoms with van der Waals surface area (Å²) < 4.78 is 51.6. The van der Waals surface area contributed by atoms with Crippen LogP contribution in [0, 0.1) is 0 Å². The number of carbonyl (C=O) groups excluding carboxylic acids is 1. The number of nitrogens with zero attached hydrogens (tertiary/aromatic N) is 3. The molecule has 30 heavy (non-hydrogen) atoms. The summed E-state index contributed by atoms with van der Waals surface area (Å²) in [5.74, 6) is -0.686. The fourth-order valence-electron chi connectivity index (χ4n) is 3.16. The Kier molecular flexibility index (Phi) is 5.11. The highest BCUT2D eigenvalue weighted by Crippen LogP contribution is 2.50. The topological polar surface area (TPSA) is 73.7 Å². The lowest BCUT2D eigenvalue weighted by atomic mass is 9.86. The molecule has 0 spiro atoms. The molecule has 156 valence electrons. The van der Waals surface area contributed by atoms with Crippen LogP contribution in [0.2, 0.25) is 10.0 Å². The second-order valence-corrected chi connectivity index (χ2v) is 8.04. The van der Waals surface area contributed by atoms with Crippen LogP contribution in [0.4, 0.5) is 13.2 Å². The molecule has 1 atom stereocenters. The van der Waals surface area contributed by atoms with Crippen molar-refractivity contribution in [1.82, 2.24) is 9.36 Å². The fraction of sp³-hybridized carbons (Fsp3) is 0.222. The summed E-state index contributed by atoms with van der Waals surface area (Å²) in [6.45, 7) is 0. The minimum absolute atomic E-state index is 0.00147. The van der Waals surface area contributed by atoms with Gasteiger partial charge in [-0.25, -0.2) is 9.78 Å². The van der Waals surface area contributed by atoms with Gasteiger partial charge >= 0.3 is 12.1 Å². The van der Waals surface area contributed by atoms with E-state index < -0.39 is 24.2 Å². The van der Waals surface area contributed by atoms with Gasteiger partial charge in [0.05, 0.1) is 30.1 Å². The van der Waals surface area contributed by atoms with Crippen molar-refractivity contribution in [3.63, 3.8) is 0 Å². The number of halogens is 5. The third-order valence-electron chi connectivity index (χ3n) is 4.60. The van der Waals surface area contributed by atoms with E-state index in [0.29, 0.717) is 10.1 Å². The van der Waals surface area contributed by atoms with Crippen LogP contribution in [-0.2, 0) is 15.2 Å². The molecule has 0 bridgehead atoms. The molecule has 3 heterocycles. The number of hydrogen-bond acceptors (Lipinski definition) is 7. The molecule has 1 aromatic carbocycles. The lowest BCUT2D eigenvalue weighted by Crippen LogP contribution is -2.42. The standard InChI is InChI=1S/C18H10Cl2F3N3O3S/c1-28-16(27)14-12-7-25-30-15(12)11(6-24-14)13-5-17(29-26-13,18(21,22)23)8-2-9(19)4-10(20)3-8/h2-4,6-7H,5H2,1H3. The molecule has 0 saturated heterocycles. The largest absolute Gasteiger partial charge is 0.464 e. The van der Waals surface area contributed by atoms with Crippen LogP contribution in [0.15, 0.2) is 35.7 Å². The van der Waals surface area contributed by atoms with Crippen LogP contribution in [0.3, 0.4) is 0 Å². The lowest BCUT2D eigenvalue weighted by Gasteiger charge is -2.29. The van der Waals surface area contributed by atoms with Gasteiger partial charge in [0.15, 0.2) is 5.69 Å². The van der Waals surface area contributed by atoms with Crippen molar-refractivity contribution in [3.05, 3.63) is 57.5 Å². The van der Waals surface area contributed by atoms with Gasteiger partial charge in [-0.2, -0.15) is 17.5 Å². The number of oxime groups is 1. The van der Waals surface area contributed by atoms with Gasteiger partial charge in [0.25, 0.3) is 5.60 Å². The number of hydrogen-bond donors (Lipinski definition) is 0. The van der Waals surface area contributed by atoms with Gasteiger partial charge in [0, 0.05) is 32.8 Å². The molecule has 4 rings (SSSR count). The van der Waals surface area contributed by atoms with E-state index in [2.05, 4.69) is 19.3 Å². The Hall–Kier alpha value is -2.43. The van der Waals surface area contributed by atoms with Crippen molar-refractivity contribution >= 4 is 56.5 Å². The Morgan fingerprint density at radius 1 is 1.23 bits per heavy atom. The minimum Gasteiger partial charge on any atom is -0.464 e. The minimum atomic E-state index is -4.82. The van der Waals surface area contributed by atoms with Crippen LogP contribution in [0.5, 0.6) is 0 Å². The van der Waals surface area contributed by atoms with Crippen molar-refractivity contribution in [2.45, 2.75) is 18.2 Å². The summed E-state index contributed by atoms with van der Waals surface area (Å²) in [4.78, 5) is 20.9. The summed E-state index contributed by atoms with van der Waals surface area (Å²) in [7, 11) is 1.20. The van der Waals surface area contributed by atoms with Crippen LogP contribution in [-0.4, -0.2) is 34.3 Å². The van der Waals surface area contributed by atoms with Gasteiger partial charge in [-0.1, -0.05) is 28.4 Å². The highest BCUT2D eigenvalue weighted by Gasteiger charge is 2.62. The van der Waals surface area contributed by atoms with E-state index in [-0.39, 0.29) is 32.6 Å². The van der Waals surface area contributed by atoms with Crippen molar-refractivity contribution in [3.8, 4) is 0 Å². The first-order chi connectivity index (χ1) is 14.2. The summed E-state index contributed by atoms with van der Waals surface area (Å²) >= 11 is 12.8. The number of carbonyl (C=O) groups is 1. The smallest absolute Gasteiger partial charge is 0.435 e. The molecule has 0 radical (unpaired) electrons. The van der Waals surface area contributed by atoms with E-state index in [1.807, 2.05) is 0 Å². The molecular weight excluding hydrogens is 466 g/mol. The molecule has 0 aliphatic carbocycles. The molecular formula is C18H10Cl2F3N3O3S. The number of methoxy groups -OCH3 is 1. The highest BCUT2D eigenvalue weighted by atomic mass is 35.5. The molecule has 1 aliphatic heterocycles. The Bertz CT molecular complexity index is 1180. The molecule has 1 unspecified atom stereocenters.